The summed E-state index contributed by atoms with van der Waals surface area (Å²) in [5.74, 6) is -0.351. The largest absolute Gasteiger partial charge is 0.480 e. The molecular formula is C13H23N3O2. The van der Waals surface area contributed by atoms with Crippen molar-refractivity contribution in [3.8, 4) is 0 Å². The van der Waals surface area contributed by atoms with Gasteiger partial charge >= 0.3 is 5.97 Å². The first-order valence-electron chi connectivity index (χ1n) is 6.36. The lowest BCUT2D eigenvalue weighted by molar-refractivity contribution is -0.138. The van der Waals surface area contributed by atoms with Crippen LogP contribution in [0.15, 0.2) is 12.3 Å². The average molecular weight is 253 g/mol. The van der Waals surface area contributed by atoms with Crippen molar-refractivity contribution in [3.05, 3.63) is 18.0 Å². The van der Waals surface area contributed by atoms with E-state index in [1.807, 2.05) is 21.8 Å². The highest BCUT2D eigenvalue weighted by molar-refractivity contribution is 5.69. The SMILES string of the molecule is CC(C)CN(CC(=O)O)Cc1ccn(C(C)C)n1. The quantitative estimate of drug-likeness (QED) is 0.807. The van der Waals surface area contributed by atoms with Crippen LogP contribution < -0.4 is 0 Å². The first-order valence-corrected chi connectivity index (χ1v) is 6.36. The van der Waals surface area contributed by atoms with Crippen molar-refractivity contribution in [2.75, 3.05) is 13.1 Å². The van der Waals surface area contributed by atoms with Crippen LogP contribution in [0.4, 0.5) is 0 Å². The van der Waals surface area contributed by atoms with Gasteiger partial charge in [-0.25, -0.2) is 0 Å². The van der Waals surface area contributed by atoms with Crippen molar-refractivity contribution in [1.29, 1.82) is 0 Å². The molecule has 0 fully saturated rings. The molecule has 0 atom stereocenters. The van der Waals surface area contributed by atoms with E-state index in [2.05, 4.69) is 32.8 Å². The monoisotopic (exact) mass is 253 g/mol. The summed E-state index contributed by atoms with van der Waals surface area (Å²) in [5, 5.41) is 13.3. The van der Waals surface area contributed by atoms with Gasteiger partial charge in [-0.3, -0.25) is 14.4 Å². The van der Waals surface area contributed by atoms with Crippen molar-refractivity contribution in [3.63, 3.8) is 0 Å². The second-order valence-corrected chi connectivity index (χ2v) is 5.34. The fraction of sp³-hybridized carbons (Fsp3) is 0.692. The number of aromatic nitrogens is 2. The van der Waals surface area contributed by atoms with Gasteiger partial charge in [0.15, 0.2) is 0 Å². The maximum atomic E-state index is 10.8. The molecule has 0 aliphatic heterocycles. The van der Waals surface area contributed by atoms with Gasteiger partial charge in [0.2, 0.25) is 0 Å². The van der Waals surface area contributed by atoms with Crippen LogP contribution >= 0.6 is 0 Å². The minimum absolute atomic E-state index is 0.0622. The Bertz CT molecular complexity index is 385. The Morgan fingerprint density at radius 2 is 2.11 bits per heavy atom. The predicted molar refractivity (Wildman–Crippen MR) is 70.4 cm³/mol. The molecule has 0 saturated heterocycles. The van der Waals surface area contributed by atoms with E-state index in [1.54, 1.807) is 0 Å². The molecule has 5 nitrogen and oxygen atoms in total. The minimum atomic E-state index is -0.793. The maximum Gasteiger partial charge on any atom is 0.317 e. The van der Waals surface area contributed by atoms with E-state index in [4.69, 9.17) is 5.11 Å². The number of carboxylic acid groups (broad SMARTS) is 1. The van der Waals surface area contributed by atoms with Gasteiger partial charge in [-0.1, -0.05) is 13.8 Å². The average Bonchev–Trinajstić information content (AvgIpc) is 2.63. The molecule has 0 saturated carbocycles. The minimum Gasteiger partial charge on any atom is -0.480 e. The third kappa shape index (κ3) is 4.87. The summed E-state index contributed by atoms with van der Waals surface area (Å²) in [6.45, 7) is 9.72. The summed E-state index contributed by atoms with van der Waals surface area (Å²) >= 11 is 0. The van der Waals surface area contributed by atoms with Crippen molar-refractivity contribution in [2.24, 2.45) is 5.92 Å². The van der Waals surface area contributed by atoms with Gasteiger partial charge in [-0.2, -0.15) is 5.10 Å². The van der Waals surface area contributed by atoms with Crippen molar-refractivity contribution in [1.82, 2.24) is 14.7 Å². The molecule has 0 unspecified atom stereocenters. The maximum absolute atomic E-state index is 10.8. The fourth-order valence-electron chi connectivity index (χ4n) is 1.87. The van der Waals surface area contributed by atoms with Gasteiger partial charge < -0.3 is 5.11 Å². The van der Waals surface area contributed by atoms with Crippen molar-refractivity contribution < 1.29 is 9.90 Å². The van der Waals surface area contributed by atoms with Crippen molar-refractivity contribution >= 4 is 5.97 Å². The second-order valence-electron chi connectivity index (χ2n) is 5.34. The highest BCUT2D eigenvalue weighted by Gasteiger charge is 2.13. The summed E-state index contributed by atoms with van der Waals surface area (Å²) < 4.78 is 1.89. The molecule has 1 aromatic heterocycles. The highest BCUT2D eigenvalue weighted by atomic mass is 16.4. The molecule has 1 rings (SSSR count). The summed E-state index contributed by atoms with van der Waals surface area (Å²) in [6, 6.07) is 2.28. The van der Waals surface area contributed by atoms with Gasteiger partial charge in [-0.15, -0.1) is 0 Å². The number of nitrogens with zero attached hydrogens (tertiary/aromatic N) is 3. The molecule has 1 heterocycles. The Morgan fingerprint density at radius 3 is 2.56 bits per heavy atom. The molecule has 0 aliphatic carbocycles. The standard InChI is InChI=1S/C13H23N3O2/c1-10(2)7-15(9-13(17)18)8-12-5-6-16(14-12)11(3)4/h5-6,10-11H,7-9H2,1-4H3,(H,17,18). The Kier molecular flexibility index (Phi) is 5.34. The Hall–Kier alpha value is -1.36. The van der Waals surface area contributed by atoms with Crippen molar-refractivity contribution in [2.45, 2.75) is 40.3 Å². The van der Waals surface area contributed by atoms with Crippen LogP contribution in [0.5, 0.6) is 0 Å². The number of carboxylic acids is 1. The topological polar surface area (TPSA) is 58.4 Å². The first kappa shape index (κ1) is 14.7. The smallest absolute Gasteiger partial charge is 0.317 e. The van der Waals surface area contributed by atoms with E-state index < -0.39 is 5.97 Å². The highest BCUT2D eigenvalue weighted by Crippen LogP contribution is 2.08. The van der Waals surface area contributed by atoms with Crippen LogP contribution in [0.25, 0.3) is 0 Å². The number of hydrogen-bond donors (Lipinski definition) is 1. The van der Waals surface area contributed by atoms with Gasteiger partial charge in [0.1, 0.15) is 0 Å². The summed E-state index contributed by atoms with van der Waals surface area (Å²) in [6.07, 6.45) is 1.94. The molecule has 0 amide bonds. The van der Waals surface area contributed by atoms with Crippen LogP contribution in [-0.4, -0.2) is 38.8 Å². The molecule has 0 aromatic carbocycles. The number of rotatable bonds is 7. The summed E-state index contributed by atoms with van der Waals surface area (Å²) in [7, 11) is 0. The predicted octanol–water partition coefficient (Wildman–Crippen LogP) is 2.01. The lowest BCUT2D eigenvalue weighted by atomic mass is 10.2. The number of aliphatic carboxylic acids is 1. The zero-order valence-corrected chi connectivity index (χ0v) is 11.6. The molecule has 0 bridgehead atoms. The van der Waals surface area contributed by atoms with Gasteiger partial charge in [0.05, 0.1) is 12.2 Å². The van der Waals surface area contributed by atoms with E-state index in [0.717, 1.165) is 12.2 Å². The lowest BCUT2D eigenvalue weighted by Gasteiger charge is -2.21. The normalized spacial score (nSPS) is 11.7. The molecule has 5 heteroatoms. The molecule has 0 aliphatic rings. The molecule has 0 radical (unpaired) electrons. The van der Waals surface area contributed by atoms with Gasteiger partial charge in [0.25, 0.3) is 0 Å². The molecule has 102 valence electrons. The third-order valence-electron chi connectivity index (χ3n) is 2.56. The second kappa shape index (κ2) is 6.54. The fourth-order valence-corrected chi connectivity index (χ4v) is 1.87. The molecule has 18 heavy (non-hydrogen) atoms. The Morgan fingerprint density at radius 1 is 1.44 bits per heavy atom. The van der Waals surface area contributed by atoms with Gasteiger partial charge in [0, 0.05) is 25.3 Å². The van der Waals surface area contributed by atoms with E-state index in [0.29, 0.717) is 18.5 Å². The zero-order chi connectivity index (χ0) is 13.7. The molecule has 1 aromatic rings. The number of carbonyl (C=O) groups is 1. The summed E-state index contributed by atoms with van der Waals surface area (Å²) in [4.78, 5) is 12.7. The first-order chi connectivity index (χ1) is 8.38. The van der Waals surface area contributed by atoms with E-state index >= 15 is 0 Å². The Balaban J connectivity index is 2.65. The lowest BCUT2D eigenvalue weighted by Crippen LogP contribution is -2.32. The van der Waals surface area contributed by atoms with Crippen LogP contribution in [-0.2, 0) is 11.3 Å². The van der Waals surface area contributed by atoms with Crippen LogP contribution in [0.2, 0.25) is 0 Å². The van der Waals surface area contributed by atoms with E-state index in [1.165, 1.54) is 0 Å². The molecule has 1 N–H and O–H groups in total. The molecular weight excluding hydrogens is 230 g/mol. The van der Waals surface area contributed by atoms with Crippen LogP contribution in [0.1, 0.15) is 39.4 Å². The van der Waals surface area contributed by atoms with Crippen LogP contribution in [0.3, 0.4) is 0 Å². The summed E-state index contributed by atoms with van der Waals surface area (Å²) in [5.41, 5.74) is 0.922. The van der Waals surface area contributed by atoms with E-state index in [-0.39, 0.29) is 6.54 Å². The zero-order valence-electron chi connectivity index (χ0n) is 11.6. The Labute approximate surface area is 108 Å². The van der Waals surface area contributed by atoms with Gasteiger partial charge in [-0.05, 0) is 25.8 Å². The van der Waals surface area contributed by atoms with E-state index in [9.17, 15) is 4.79 Å². The third-order valence-corrected chi connectivity index (χ3v) is 2.56. The molecule has 0 spiro atoms. The number of hydrogen-bond acceptors (Lipinski definition) is 3. The van der Waals surface area contributed by atoms with Crippen LogP contribution in [0, 0.1) is 5.92 Å².